The molecular formula is C17H25O2. The lowest BCUT2D eigenvalue weighted by Gasteiger charge is -2.04. The van der Waals surface area contributed by atoms with Crippen molar-refractivity contribution in [1.82, 2.24) is 0 Å². The Morgan fingerprint density at radius 2 is 1.74 bits per heavy atom. The summed E-state index contributed by atoms with van der Waals surface area (Å²) in [4.78, 5) is 11.6. The van der Waals surface area contributed by atoms with E-state index in [1.807, 2.05) is 12.1 Å². The zero-order valence-electron chi connectivity index (χ0n) is 12.0. The van der Waals surface area contributed by atoms with Crippen molar-refractivity contribution < 1.29 is 9.53 Å². The normalized spacial score (nSPS) is 10.4. The van der Waals surface area contributed by atoms with Gasteiger partial charge in [0.2, 0.25) is 0 Å². The van der Waals surface area contributed by atoms with Crippen LogP contribution < -0.4 is 0 Å². The van der Waals surface area contributed by atoms with E-state index in [1.54, 1.807) is 12.1 Å². The summed E-state index contributed by atoms with van der Waals surface area (Å²) in [6, 6.07) is 10.0. The van der Waals surface area contributed by atoms with Crippen LogP contribution in [0.25, 0.3) is 0 Å². The molecule has 0 saturated heterocycles. The molecule has 0 saturated carbocycles. The Morgan fingerprint density at radius 3 is 2.37 bits per heavy atom. The number of benzene rings is 1. The van der Waals surface area contributed by atoms with Crippen LogP contribution in [0.2, 0.25) is 0 Å². The lowest BCUT2D eigenvalue weighted by molar-refractivity contribution is 0.0497. The van der Waals surface area contributed by atoms with Crippen molar-refractivity contribution in [2.45, 2.75) is 58.3 Å². The Balaban J connectivity index is 1.95. The van der Waals surface area contributed by atoms with Gasteiger partial charge in [0.05, 0.1) is 12.2 Å². The molecule has 0 fully saturated rings. The summed E-state index contributed by atoms with van der Waals surface area (Å²) in [7, 11) is 0. The summed E-state index contributed by atoms with van der Waals surface area (Å²) in [6.45, 7) is 2.76. The molecule has 105 valence electrons. The van der Waals surface area contributed by atoms with Crippen molar-refractivity contribution in [1.29, 1.82) is 0 Å². The van der Waals surface area contributed by atoms with E-state index < -0.39 is 0 Å². The van der Waals surface area contributed by atoms with Crippen LogP contribution in [-0.4, -0.2) is 12.6 Å². The van der Waals surface area contributed by atoms with Crippen LogP contribution in [-0.2, 0) is 4.74 Å². The standard InChI is InChI=1S/C17H25O2/c1-2-3-4-5-6-7-8-12-15-19-17(18)16-13-10-9-11-14-16/h9-11,13H,2-8,12,15H2,1H3. The zero-order valence-corrected chi connectivity index (χ0v) is 12.0. The number of carbonyl (C=O) groups is 1. The van der Waals surface area contributed by atoms with E-state index >= 15 is 0 Å². The number of carbonyl (C=O) groups excluding carboxylic acids is 1. The lowest BCUT2D eigenvalue weighted by Crippen LogP contribution is -2.06. The summed E-state index contributed by atoms with van der Waals surface area (Å²) in [5, 5.41) is 0. The molecule has 0 unspecified atom stereocenters. The zero-order chi connectivity index (χ0) is 13.8. The van der Waals surface area contributed by atoms with E-state index in [4.69, 9.17) is 4.74 Å². The average molecular weight is 261 g/mol. The summed E-state index contributed by atoms with van der Waals surface area (Å²) < 4.78 is 5.20. The third-order valence-corrected chi connectivity index (χ3v) is 3.16. The van der Waals surface area contributed by atoms with E-state index in [0.29, 0.717) is 12.2 Å². The van der Waals surface area contributed by atoms with Gasteiger partial charge in [-0.05, 0) is 18.6 Å². The Kier molecular flexibility index (Phi) is 8.78. The maximum Gasteiger partial charge on any atom is 0.338 e. The quantitative estimate of drug-likeness (QED) is 0.447. The van der Waals surface area contributed by atoms with Crippen LogP contribution in [0.5, 0.6) is 0 Å². The van der Waals surface area contributed by atoms with Gasteiger partial charge in [0.25, 0.3) is 0 Å². The molecule has 0 aliphatic carbocycles. The van der Waals surface area contributed by atoms with E-state index in [9.17, 15) is 4.79 Å². The van der Waals surface area contributed by atoms with Gasteiger partial charge in [-0.25, -0.2) is 4.79 Å². The molecule has 2 nitrogen and oxygen atoms in total. The van der Waals surface area contributed by atoms with Crippen LogP contribution >= 0.6 is 0 Å². The topological polar surface area (TPSA) is 26.3 Å². The fourth-order valence-electron chi connectivity index (χ4n) is 2.00. The number of hydrogen-bond acceptors (Lipinski definition) is 2. The minimum atomic E-state index is -0.261. The monoisotopic (exact) mass is 261 g/mol. The largest absolute Gasteiger partial charge is 0.462 e. The third-order valence-electron chi connectivity index (χ3n) is 3.16. The Morgan fingerprint density at radius 1 is 1.05 bits per heavy atom. The average Bonchev–Trinajstić information content (AvgIpc) is 2.46. The molecule has 0 amide bonds. The van der Waals surface area contributed by atoms with Crippen molar-refractivity contribution in [3.05, 3.63) is 35.9 Å². The first-order chi connectivity index (χ1) is 9.34. The molecule has 0 aromatic heterocycles. The molecule has 0 bridgehead atoms. The van der Waals surface area contributed by atoms with E-state index in [1.165, 1.54) is 38.5 Å². The van der Waals surface area contributed by atoms with Crippen molar-refractivity contribution in [2.75, 3.05) is 6.61 Å². The van der Waals surface area contributed by atoms with Gasteiger partial charge >= 0.3 is 5.97 Å². The van der Waals surface area contributed by atoms with Crippen LogP contribution in [0.1, 0.15) is 68.6 Å². The number of unbranched alkanes of at least 4 members (excludes halogenated alkanes) is 7. The summed E-state index contributed by atoms with van der Waals surface area (Å²) in [5.41, 5.74) is 0.516. The number of ether oxygens (including phenoxy) is 1. The molecule has 1 aromatic carbocycles. The summed E-state index contributed by atoms with van der Waals surface area (Å²) in [5.74, 6) is -0.261. The maximum atomic E-state index is 11.6. The van der Waals surface area contributed by atoms with Crippen LogP contribution in [0.3, 0.4) is 0 Å². The van der Waals surface area contributed by atoms with Crippen LogP contribution in [0.15, 0.2) is 24.3 Å². The van der Waals surface area contributed by atoms with Crippen molar-refractivity contribution in [3.63, 3.8) is 0 Å². The minimum absolute atomic E-state index is 0.261. The van der Waals surface area contributed by atoms with Gasteiger partial charge in [-0.15, -0.1) is 0 Å². The number of rotatable bonds is 10. The first-order valence-electron chi connectivity index (χ1n) is 7.48. The lowest BCUT2D eigenvalue weighted by atomic mass is 10.1. The highest BCUT2D eigenvalue weighted by atomic mass is 16.5. The summed E-state index contributed by atoms with van der Waals surface area (Å²) >= 11 is 0. The van der Waals surface area contributed by atoms with Gasteiger partial charge in [0, 0.05) is 0 Å². The molecule has 0 N–H and O–H groups in total. The van der Waals surface area contributed by atoms with Crippen molar-refractivity contribution in [2.24, 2.45) is 0 Å². The number of esters is 1. The molecule has 0 heterocycles. The highest BCUT2D eigenvalue weighted by Gasteiger charge is 2.05. The second kappa shape index (κ2) is 10.6. The molecule has 1 aromatic rings. The van der Waals surface area contributed by atoms with Crippen molar-refractivity contribution in [3.8, 4) is 0 Å². The molecule has 1 radical (unpaired) electrons. The maximum absolute atomic E-state index is 11.6. The molecule has 1 rings (SSSR count). The fraction of sp³-hybridized carbons (Fsp3) is 0.588. The van der Waals surface area contributed by atoms with E-state index in [2.05, 4.69) is 13.0 Å². The van der Waals surface area contributed by atoms with Gasteiger partial charge in [0.15, 0.2) is 0 Å². The molecule has 0 atom stereocenters. The predicted molar refractivity (Wildman–Crippen MR) is 78.2 cm³/mol. The van der Waals surface area contributed by atoms with Gasteiger partial charge in [-0.2, -0.15) is 0 Å². The molecule has 19 heavy (non-hydrogen) atoms. The van der Waals surface area contributed by atoms with Crippen LogP contribution in [0.4, 0.5) is 0 Å². The summed E-state index contributed by atoms with van der Waals surface area (Å²) in [6.07, 6.45) is 10.0. The second-order valence-electron chi connectivity index (χ2n) is 4.89. The molecular weight excluding hydrogens is 236 g/mol. The molecule has 0 spiro atoms. The van der Waals surface area contributed by atoms with Gasteiger partial charge in [-0.1, -0.05) is 70.1 Å². The Hall–Kier alpha value is -1.31. The minimum Gasteiger partial charge on any atom is -0.462 e. The smallest absolute Gasteiger partial charge is 0.338 e. The van der Waals surface area contributed by atoms with Crippen molar-refractivity contribution >= 4 is 5.97 Å². The third kappa shape index (κ3) is 7.66. The van der Waals surface area contributed by atoms with E-state index in [-0.39, 0.29) is 5.97 Å². The first kappa shape index (κ1) is 15.7. The van der Waals surface area contributed by atoms with Gasteiger partial charge < -0.3 is 4.74 Å². The van der Waals surface area contributed by atoms with E-state index in [0.717, 1.165) is 12.8 Å². The molecule has 0 aliphatic rings. The molecule has 2 heteroatoms. The molecule has 0 aliphatic heterocycles. The Bertz CT molecular complexity index is 332. The SMILES string of the molecule is CCCCCCCCCCOC(=O)c1[c]cccc1. The first-order valence-corrected chi connectivity index (χ1v) is 7.48. The van der Waals surface area contributed by atoms with Gasteiger partial charge in [0.1, 0.15) is 0 Å². The predicted octanol–water partition coefficient (Wildman–Crippen LogP) is 4.78. The van der Waals surface area contributed by atoms with Crippen LogP contribution in [0, 0.1) is 6.07 Å². The Labute approximate surface area is 117 Å². The van der Waals surface area contributed by atoms with Gasteiger partial charge in [-0.3, -0.25) is 0 Å². The fourth-order valence-corrected chi connectivity index (χ4v) is 2.00. The second-order valence-corrected chi connectivity index (χ2v) is 4.89. The highest BCUT2D eigenvalue weighted by Crippen LogP contribution is 2.09. The number of hydrogen-bond donors (Lipinski definition) is 0. The highest BCUT2D eigenvalue weighted by molar-refractivity contribution is 5.88.